The smallest absolute Gasteiger partial charge is 0.323 e. The Bertz CT molecular complexity index is 1140. The zero-order chi connectivity index (χ0) is 21.1. The Morgan fingerprint density at radius 1 is 0.967 bits per heavy atom. The van der Waals surface area contributed by atoms with Gasteiger partial charge in [0.25, 0.3) is 0 Å². The van der Waals surface area contributed by atoms with E-state index in [-0.39, 0.29) is 15.8 Å². The Morgan fingerprint density at radius 3 is 2.20 bits per heavy atom. The van der Waals surface area contributed by atoms with Gasteiger partial charge in [0.2, 0.25) is 9.84 Å². The molecule has 3 aromatic rings. The van der Waals surface area contributed by atoms with Crippen LogP contribution in [0.15, 0.2) is 63.7 Å². The molecule has 0 atom stereocenters. The number of piperidine rings is 1. The van der Waals surface area contributed by atoms with Crippen LogP contribution in [0.4, 0.5) is 9.93 Å². The number of urea groups is 1. The van der Waals surface area contributed by atoms with Crippen LogP contribution >= 0.6 is 22.9 Å². The number of sulfone groups is 1. The average Bonchev–Trinajstić information content (AvgIpc) is 3.23. The molecule has 1 fully saturated rings. The van der Waals surface area contributed by atoms with Gasteiger partial charge in [0.1, 0.15) is 0 Å². The summed E-state index contributed by atoms with van der Waals surface area (Å²) in [6, 6.07) is 12.5. The minimum absolute atomic E-state index is 0.125. The number of benzene rings is 2. The molecule has 2 aromatic carbocycles. The summed E-state index contributed by atoms with van der Waals surface area (Å²) in [5.74, 6) is 0. The van der Waals surface area contributed by atoms with Gasteiger partial charge in [0.15, 0.2) is 5.13 Å². The number of amides is 2. The summed E-state index contributed by atoms with van der Waals surface area (Å²) in [5.41, 5.74) is 1.46. The quantitative estimate of drug-likeness (QED) is 0.570. The lowest BCUT2D eigenvalue weighted by atomic mass is 10.1. The molecule has 1 aliphatic heterocycles. The van der Waals surface area contributed by atoms with Gasteiger partial charge >= 0.3 is 6.03 Å². The van der Waals surface area contributed by atoms with E-state index in [1.54, 1.807) is 41.3 Å². The van der Waals surface area contributed by atoms with Gasteiger partial charge < -0.3 is 4.90 Å². The number of nitrogens with one attached hydrogen (secondary N) is 1. The van der Waals surface area contributed by atoms with Gasteiger partial charge in [-0.1, -0.05) is 23.7 Å². The van der Waals surface area contributed by atoms with E-state index in [1.807, 2.05) is 5.38 Å². The van der Waals surface area contributed by atoms with Crippen LogP contribution in [0.3, 0.4) is 0 Å². The second-order valence-electron chi connectivity index (χ2n) is 7.00. The first-order chi connectivity index (χ1) is 14.4. The maximum absolute atomic E-state index is 12.8. The first-order valence-corrected chi connectivity index (χ1v) is 12.3. The molecule has 2 heterocycles. The number of halogens is 1. The lowest BCUT2D eigenvalue weighted by molar-refractivity contribution is 0.200. The molecule has 0 radical (unpaired) electrons. The predicted octanol–water partition coefficient (Wildman–Crippen LogP) is 5.31. The fourth-order valence-corrected chi connectivity index (χ4v) is 5.38. The highest BCUT2D eigenvalue weighted by molar-refractivity contribution is 7.91. The SMILES string of the molecule is O=C(Nc1nc(-c2ccc(S(=O)(=O)c3ccc(Cl)cc3)cc2)cs1)N1CCCCC1. The number of aromatic nitrogens is 1. The number of carbonyl (C=O) groups excluding carboxylic acids is 1. The standard InChI is InChI=1S/C21H20ClN3O3S2/c22-16-6-10-18(11-7-16)30(27,28)17-8-4-15(5-9-17)19-14-29-20(23-19)24-21(26)25-12-2-1-3-13-25/h4-11,14H,1-3,12-13H2,(H,23,24,26). The van der Waals surface area contributed by atoms with Gasteiger partial charge in [0.05, 0.1) is 15.5 Å². The molecule has 6 nitrogen and oxygen atoms in total. The second kappa shape index (κ2) is 8.75. The van der Waals surface area contributed by atoms with Gasteiger partial charge in [-0.25, -0.2) is 18.2 Å². The van der Waals surface area contributed by atoms with Crippen LogP contribution in [0.2, 0.25) is 5.02 Å². The van der Waals surface area contributed by atoms with Gasteiger partial charge in [-0.3, -0.25) is 5.32 Å². The highest BCUT2D eigenvalue weighted by Gasteiger charge is 2.19. The topological polar surface area (TPSA) is 79.4 Å². The number of nitrogens with zero attached hydrogens (tertiary/aromatic N) is 2. The lowest BCUT2D eigenvalue weighted by Gasteiger charge is -2.26. The first-order valence-electron chi connectivity index (χ1n) is 9.56. The van der Waals surface area contributed by atoms with E-state index in [2.05, 4.69) is 10.3 Å². The van der Waals surface area contributed by atoms with E-state index >= 15 is 0 Å². The monoisotopic (exact) mass is 461 g/mol. The molecule has 2 amide bonds. The fraction of sp³-hybridized carbons (Fsp3) is 0.238. The van der Waals surface area contributed by atoms with Crippen molar-refractivity contribution in [2.24, 2.45) is 0 Å². The summed E-state index contributed by atoms with van der Waals surface area (Å²) >= 11 is 7.19. The Morgan fingerprint density at radius 2 is 1.57 bits per heavy atom. The van der Waals surface area contributed by atoms with E-state index in [1.165, 1.54) is 23.5 Å². The van der Waals surface area contributed by atoms with Crippen molar-refractivity contribution in [3.8, 4) is 11.3 Å². The van der Waals surface area contributed by atoms with Crippen molar-refractivity contribution in [1.82, 2.24) is 9.88 Å². The summed E-state index contributed by atoms with van der Waals surface area (Å²) < 4.78 is 25.5. The van der Waals surface area contributed by atoms with E-state index in [0.717, 1.165) is 37.9 Å². The lowest BCUT2D eigenvalue weighted by Crippen LogP contribution is -2.38. The summed E-state index contributed by atoms with van der Waals surface area (Å²) in [4.78, 5) is 19.0. The van der Waals surface area contributed by atoms with Crippen LogP contribution in [-0.4, -0.2) is 37.4 Å². The average molecular weight is 462 g/mol. The van der Waals surface area contributed by atoms with Crippen molar-refractivity contribution in [2.75, 3.05) is 18.4 Å². The van der Waals surface area contributed by atoms with Gasteiger partial charge in [-0.2, -0.15) is 0 Å². The van der Waals surface area contributed by atoms with Gasteiger partial charge in [-0.15, -0.1) is 11.3 Å². The second-order valence-corrected chi connectivity index (χ2v) is 10.2. The Kier molecular flexibility index (Phi) is 6.08. The molecule has 0 unspecified atom stereocenters. The molecule has 30 heavy (non-hydrogen) atoms. The van der Waals surface area contributed by atoms with Crippen molar-refractivity contribution in [1.29, 1.82) is 0 Å². The van der Waals surface area contributed by atoms with Crippen LogP contribution in [0.25, 0.3) is 11.3 Å². The normalized spacial score (nSPS) is 14.5. The summed E-state index contributed by atoms with van der Waals surface area (Å²) in [6.45, 7) is 1.54. The van der Waals surface area contributed by atoms with E-state index in [0.29, 0.717) is 15.8 Å². The number of likely N-dealkylation sites (tertiary alicyclic amines) is 1. The van der Waals surface area contributed by atoms with Crippen LogP contribution in [0.5, 0.6) is 0 Å². The number of rotatable bonds is 4. The van der Waals surface area contributed by atoms with Crippen LogP contribution in [0.1, 0.15) is 19.3 Å². The van der Waals surface area contributed by atoms with E-state index in [4.69, 9.17) is 11.6 Å². The third kappa shape index (κ3) is 4.50. The maximum atomic E-state index is 12.8. The largest absolute Gasteiger partial charge is 0.324 e. The zero-order valence-electron chi connectivity index (χ0n) is 16.0. The molecular formula is C21H20ClN3O3S2. The fourth-order valence-electron chi connectivity index (χ4n) is 3.29. The van der Waals surface area contributed by atoms with Crippen molar-refractivity contribution >= 4 is 43.9 Å². The minimum atomic E-state index is -3.62. The van der Waals surface area contributed by atoms with Crippen LogP contribution < -0.4 is 5.32 Å². The highest BCUT2D eigenvalue weighted by atomic mass is 35.5. The summed E-state index contributed by atoms with van der Waals surface area (Å²) in [6.07, 6.45) is 3.22. The van der Waals surface area contributed by atoms with Crippen LogP contribution in [-0.2, 0) is 9.84 Å². The van der Waals surface area contributed by atoms with Gasteiger partial charge in [0, 0.05) is 29.1 Å². The van der Waals surface area contributed by atoms with Crippen molar-refractivity contribution in [3.63, 3.8) is 0 Å². The maximum Gasteiger partial charge on any atom is 0.323 e. The van der Waals surface area contributed by atoms with Crippen LogP contribution in [0, 0.1) is 0 Å². The van der Waals surface area contributed by atoms with Gasteiger partial charge in [-0.05, 0) is 55.7 Å². The van der Waals surface area contributed by atoms with Crippen molar-refractivity contribution < 1.29 is 13.2 Å². The molecule has 0 saturated carbocycles. The third-order valence-corrected chi connectivity index (χ3v) is 7.74. The number of anilines is 1. The molecule has 0 bridgehead atoms. The summed E-state index contributed by atoms with van der Waals surface area (Å²) in [5, 5.41) is 5.70. The molecule has 1 saturated heterocycles. The number of thiazole rings is 1. The Balaban J connectivity index is 1.48. The highest BCUT2D eigenvalue weighted by Crippen LogP contribution is 2.28. The van der Waals surface area contributed by atoms with E-state index < -0.39 is 9.84 Å². The molecule has 156 valence electrons. The van der Waals surface area contributed by atoms with E-state index in [9.17, 15) is 13.2 Å². The molecule has 1 N–H and O–H groups in total. The molecular weight excluding hydrogens is 442 g/mol. The van der Waals surface area contributed by atoms with Crippen molar-refractivity contribution in [2.45, 2.75) is 29.1 Å². The Hall–Kier alpha value is -2.42. The van der Waals surface area contributed by atoms with Crippen molar-refractivity contribution in [3.05, 3.63) is 58.9 Å². The molecule has 9 heteroatoms. The molecule has 0 aliphatic carbocycles. The molecule has 0 spiro atoms. The molecule has 1 aromatic heterocycles. The molecule has 1 aliphatic rings. The Labute approximate surface area is 184 Å². The number of carbonyl (C=O) groups is 1. The first kappa shape index (κ1) is 20.8. The summed E-state index contributed by atoms with van der Waals surface area (Å²) in [7, 11) is -3.62. The predicted molar refractivity (Wildman–Crippen MR) is 119 cm³/mol. The number of hydrogen-bond acceptors (Lipinski definition) is 5. The third-order valence-electron chi connectivity index (χ3n) is 4.95. The molecule has 4 rings (SSSR count). The number of hydrogen-bond donors (Lipinski definition) is 1. The minimum Gasteiger partial charge on any atom is -0.324 e. The zero-order valence-corrected chi connectivity index (χ0v) is 18.4.